The van der Waals surface area contributed by atoms with Gasteiger partial charge in [0.2, 0.25) is 0 Å². The lowest BCUT2D eigenvalue weighted by Crippen LogP contribution is -2.42. The second-order valence-electron chi connectivity index (χ2n) is 5.42. The van der Waals surface area contributed by atoms with Crippen LogP contribution in [0.1, 0.15) is 27.0 Å². The minimum Gasteiger partial charge on any atom is -0.480 e. The van der Waals surface area contributed by atoms with Crippen molar-refractivity contribution in [1.82, 2.24) is 5.32 Å². The van der Waals surface area contributed by atoms with E-state index in [-0.39, 0.29) is 12.3 Å². The Morgan fingerprint density at radius 2 is 1.73 bits per heavy atom. The first-order valence-electron chi connectivity index (χ1n) is 7.11. The van der Waals surface area contributed by atoms with Crippen LogP contribution in [0.3, 0.4) is 0 Å². The minimum absolute atomic E-state index is 0.257. The van der Waals surface area contributed by atoms with E-state index >= 15 is 0 Å². The molecule has 0 bridgehead atoms. The lowest BCUT2D eigenvalue weighted by atomic mass is 10.0. The molecule has 0 aromatic heterocycles. The van der Waals surface area contributed by atoms with Crippen molar-refractivity contribution in [3.05, 3.63) is 70.8 Å². The number of hydrogen-bond donors (Lipinski definition) is 2. The molecule has 0 spiro atoms. The summed E-state index contributed by atoms with van der Waals surface area (Å²) in [6, 6.07) is 13.7. The zero-order valence-corrected chi connectivity index (χ0v) is 12.7. The summed E-state index contributed by atoms with van der Waals surface area (Å²) in [4.78, 5) is 23.6. The highest BCUT2D eigenvalue weighted by Crippen LogP contribution is 2.08. The summed E-state index contributed by atoms with van der Waals surface area (Å²) in [6.45, 7) is 3.86. The SMILES string of the molecule is Cc1ccc(CC(NC(=O)c2cccc(C)c2)C(=O)O)cc1. The largest absolute Gasteiger partial charge is 0.480 e. The molecule has 1 amide bonds. The number of rotatable bonds is 5. The lowest BCUT2D eigenvalue weighted by molar-refractivity contribution is -0.139. The molecule has 0 aliphatic carbocycles. The van der Waals surface area contributed by atoms with Gasteiger partial charge in [-0.15, -0.1) is 0 Å². The molecule has 114 valence electrons. The van der Waals surface area contributed by atoms with Crippen molar-refractivity contribution in [2.75, 3.05) is 0 Å². The number of nitrogens with one attached hydrogen (secondary N) is 1. The Morgan fingerprint density at radius 1 is 1.05 bits per heavy atom. The van der Waals surface area contributed by atoms with Crippen molar-refractivity contribution in [3.63, 3.8) is 0 Å². The predicted octanol–water partition coefficient (Wildman–Crippen LogP) is 2.73. The lowest BCUT2D eigenvalue weighted by Gasteiger charge is -2.15. The average molecular weight is 297 g/mol. The fourth-order valence-electron chi connectivity index (χ4n) is 2.19. The maximum Gasteiger partial charge on any atom is 0.326 e. The van der Waals surface area contributed by atoms with Gasteiger partial charge in [0.05, 0.1) is 0 Å². The molecule has 2 N–H and O–H groups in total. The second kappa shape index (κ2) is 6.89. The number of hydrogen-bond acceptors (Lipinski definition) is 2. The van der Waals surface area contributed by atoms with Crippen LogP contribution in [-0.4, -0.2) is 23.0 Å². The van der Waals surface area contributed by atoms with E-state index in [4.69, 9.17) is 0 Å². The third-order valence-corrected chi connectivity index (χ3v) is 3.44. The maximum absolute atomic E-state index is 12.2. The molecule has 0 saturated heterocycles. The highest BCUT2D eigenvalue weighted by Gasteiger charge is 2.21. The fraction of sp³-hybridized carbons (Fsp3) is 0.222. The van der Waals surface area contributed by atoms with Crippen LogP contribution in [0.4, 0.5) is 0 Å². The Bertz CT molecular complexity index is 677. The van der Waals surface area contributed by atoms with Crippen LogP contribution < -0.4 is 5.32 Å². The minimum atomic E-state index is -1.04. The molecule has 2 aromatic carbocycles. The van der Waals surface area contributed by atoms with E-state index in [0.717, 1.165) is 16.7 Å². The molecule has 0 fully saturated rings. The molecular weight excluding hydrogens is 278 g/mol. The molecule has 2 rings (SSSR count). The Labute approximate surface area is 129 Å². The molecular formula is C18H19NO3. The van der Waals surface area contributed by atoms with E-state index in [9.17, 15) is 14.7 Å². The molecule has 22 heavy (non-hydrogen) atoms. The van der Waals surface area contributed by atoms with Crippen LogP contribution >= 0.6 is 0 Å². The summed E-state index contributed by atoms with van der Waals surface area (Å²) in [5.41, 5.74) is 3.41. The number of amides is 1. The van der Waals surface area contributed by atoms with Gasteiger partial charge in [0.25, 0.3) is 5.91 Å². The van der Waals surface area contributed by atoms with Gasteiger partial charge in [-0.1, -0.05) is 47.5 Å². The van der Waals surface area contributed by atoms with Crippen LogP contribution in [0, 0.1) is 13.8 Å². The molecule has 0 saturated carbocycles. The molecule has 0 heterocycles. The van der Waals surface area contributed by atoms with Gasteiger partial charge in [-0.25, -0.2) is 4.79 Å². The van der Waals surface area contributed by atoms with Crippen LogP contribution in [0.2, 0.25) is 0 Å². The molecule has 0 aliphatic heterocycles. The Balaban J connectivity index is 2.10. The van der Waals surface area contributed by atoms with Crippen molar-refractivity contribution in [1.29, 1.82) is 0 Å². The quantitative estimate of drug-likeness (QED) is 0.891. The van der Waals surface area contributed by atoms with E-state index in [1.165, 1.54) is 0 Å². The monoisotopic (exact) mass is 297 g/mol. The molecule has 1 unspecified atom stereocenters. The number of benzene rings is 2. The molecule has 4 heteroatoms. The van der Waals surface area contributed by atoms with E-state index in [2.05, 4.69) is 5.32 Å². The normalized spacial score (nSPS) is 11.7. The van der Waals surface area contributed by atoms with E-state index < -0.39 is 12.0 Å². The smallest absolute Gasteiger partial charge is 0.326 e. The highest BCUT2D eigenvalue weighted by atomic mass is 16.4. The van der Waals surface area contributed by atoms with E-state index in [1.807, 2.05) is 44.2 Å². The summed E-state index contributed by atoms with van der Waals surface area (Å²) in [7, 11) is 0. The van der Waals surface area contributed by atoms with Crippen molar-refractivity contribution >= 4 is 11.9 Å². The summed E-state index contributed by atoms with van der Waals surface area (Å²) >= 11 is 0. The molecule has 4 nitrogen and oxygen atoms in total. The van der Waals surface area contributed by atoms with Crippen molar-refractivity contribution < 1.29 is 14.7 Å². The Kier molecular flexibility index (Phi) is 4.94. The first-order valence-corrected chi connectivity index (χ1v) is 7.11. The van der Waals surface area contributed by atoms with Crippen LogP contribution in [0.15, 0.2) is 48.5 Å². The van der Waals surface area contributed by atoms with Gasteiger partial charge >= 0.3 is 5.97 Å². The topological polar surface area (TPSA) is 66.4 Å². The number of carboxylic acid groups (broad SMARTS) is 1. The summed E-state index contributed by atoms with van der Waals surface area (Å²) < 4.78 is 0. The zero-order valence-electron chi connectivity index (χ0n) is 12.7. The van der Waals surface area contributed by atoms with Gasteiger partial charge in [-0.2, -0.15) is 0 Å². The number of carboxylic acids is 1. The highest BCUT2D eigenvalue weighted by molar-refractivity contribution is 5.96. The number of aliphatic carboxylic acids is 1. The summed E-state index contributed by atoms with van der Waals surface area (Å²) in [5.74, 6) is -1.41. The Hall–Kier alpha value is -2.62. The Morgan fingerprint density at radius 3 is 2.32 bits per heavy atom. The molecule has 0 aliphatic rings. The van der Waals surface area contributed by atoms with E-state index in [0.29, 0.717) is 5.56 Å². The van der Waals surface area contributed by atoms with Gasteiger partial charge in [-0.05, 0) is 31.5 Å². The van der Waals surface area contributed by atoms with Crippen LogP contribution in [0.5, 0.6) is 0 Å². The van der Waals surface area contributed by atoms with Crippen molar-refractivity contribution in [2.24, 2.45) is 0 Å². The third-order valence-electron chi connectivity index (χ3n) is 3.44. The molecule has 1 atom stereocenters. The average Bonchev–Trinajstić information content (AvgIpc) is 2.48. The third kappa shape index (κ3) is 4.19. The summed E-state index contributed by atoms with van der Waals surface area (Å²) in [6.07, 6.45) is 0.257. The first kappa shape index (κ1) is 15.8. The zero-order chi connectivity index (χ0) is 16.1. The fourth-order valence-corrected chi connectivity index (χ4v) is 2.19. The van der Waals surface area contributed by atoms with Gasteiger partial charge in [0.1, 0.15) is 6.04 Å². The van der Waals surface area contributed by atoms with E-state index in [1.54, 1.807) is 18.2 Å². The van der Waals surface area contributed by atoms with Crippen LogP contribution in [-0.2, 0) is 11.2 Å². The predicted molar refractivity (Wildman–Crippen MR) is 85.0 cm³/mol. The molecule has 0 radical (unpaired) electrons. The van der Waals surface area contributed by atoms with Crippen LogP contribution in [0.25, 0.3) is 0 Å². The second-order valence-corrected chi connectivity index (χ2v) is 5.42. The van der Waals surface area contributed by atoms with Gasteiger partial charge in [0, 0.05) is 12.0 Å². The number of aryl methyl sites for hydroxylation is 2. The maximum atomic E-state index is 12.2. The van der Waals surface area contributed by atoms with Crippen molar-refractivity contribution in [2.45, 2.75) is 26.3 Å². The number of carbonyl (C=O) groups is 2. The van der Waals surface area contributed by atoms with Gasteiger partial charge in [-0.3, -0.25) is 4.79 Å². The van der Waals surface area contributed by atoms with Gasteiger partial charge in [0.15, 0.2) is 0 Å². The van der Waals surface area contributed by atoms with Crippen molar-refractivity contribution in [3.8, 4) is 0 Å². The number of carbonyl (C=O) groups excluding carboxylic acids is 1. The van der Waals surface area contributed by atoms with Gasteiger partial charge < -0.3 is 10.4 Å². The first-order chi connectivity index (χ1) is 10.5. The molecule has 2 aromatic rings. The summed E-state index contributed by atoms with van der Waals surface area (Å²) in [5, 5.41) is 11.9. The standard InChI is InChI=1S/C18H19NO3/c1-12-6-8-14(9-7-12)11-16(18(21)22)19-17(20)15-5-3-4-13(2)10-15/h3-10,16H,11H2,1-2H3,(H,19,20)(H,21,22).